The van der Waals surface area contributed by atoms with Gasteiger partial charge in [-0.3, -0.25) is 0 Å². The van der Waals surface area contributed by atoms with E-state index in [1.807, 2.05) is 13.8 Å². The quantitative estimate of drug-likeness (QED) is 0.383. The van der Waals surface area contributed by atoms with Gasteiger partial charge in [0.25, 0.3) is 0 Å². The van der Waals surface area contributed by atoms with E-state index >= 15 is 0 Å². The Morgan fingerprint density at radius 2 is 2.23 bits per heavy atom. The average Bonchev–Trinajstić information content (AvgIpc) is 2.34. The molecule has 1 rings (SSSR count). The van der Waals surface area contributed by atoms with Crippen LogP contribution in [0.2, 0.25) is 0 Å². The van der Waals surface area contributed by atoms with E-state index in [4.69, 9.17) is 4.74 Å². The van der Waals surface area contributed by atoms with Crippen LogP contribution >= 0.6 is 0 Å². The molecule has 3 nitrogen and oxygen atoms in total. The Labute approximate surface area is 101 Å². The Hall–Kier alpha value is 0.862. The first-order valence-electron chi connectivity index (χ1n) is 4.04. The average molecular weight is 414 g/mol. The molecule has 0 radical (unpaired) electrons. The van der Waals surface area contributed by atoms with E-state index in [0.29, 0.717) is 0 Å². The smallest absolute Gasteiger partial charge is 0.104 e. The molecule has 0 saturated carbocycles. The molecule has 5 heteroatoms. The predicted octanol–water partition coefficient (Wildman–Crippen LogP) is 0.449. The van der Waals surface area contributed by atoms with Crippen LogP contribution in [0, 0.1) is 49.6 Å². The topological polar surface area (TPSA) is 41.5 Å². The zero-order chi connectivity index (χ0) is 9.14. The first-order valence-corrected chi connectivity index (χ1v) is 4.04. The molecule has 0 aromatic carbocycles. The Bertz CT molecular complexity index is 145. The Morgan fingerprint density at radius 3 is 2.62 bits per heavy atom. The molecule has 1 fully saturated rings. The molecule has 0 N–H and O–H groups in total. The Kier molecular flexibility index (Phi) is 6.79. The molecule has 0 unspecified atom stereocenters. The minimum atomic E-state index is -1.11. The molecule has 13 heavy (non-hydrogen) atoms. The van der Waals surface area contributed by atoms with E-state index in [0.717, 1.165) is 0 Å². The fourth-order valence-electron chi connectivity index (χ4n) is 1.31. The summed E-state index contributed by atoms with van der Waals surface area (Å²) in [7, 11) is 0. The fraction of sp³-hybridized carbons (Fsp3) is 0.875. The molecule has 0 aromatic rings. The summed E-state index contributed by atoms with van der Waals surface area (Å²) >= 11 is 0. The molecule has 1 saturated heterocycles. The molecule has 0 amide bonds. The second-order valence-corrected chi connectivity index (χ2v) is 3.36. The third kappa shape index (κ3) is 3.49. The van der Waals surface area contributed by atoms with Crippen molar-refractivity contribution in [3.63, 3.8) is 0 Å². The van der Waals surface area contributed by atoms with Gasteiger partial charge >= 0.3 is 0 Å². The first-order chi connectivity index (χ1) is 5.66. The van der Waals surface area contributed by atoms with Crippen molar-refractivity contribution in [1.82, 2.24) is 0 Å². The zero-order valence-corrected chi connectivity index (χ0v) is 11.9. The summed E-state index contributed by atoms with van der Waals surface area (Å²) in [6, 6.07) is 0. The summed E-state index contributed by atoms with van der Waals surface area (Å²) in [6.07, 6.45) is -1.83. The van der Waals surface area contributed by atoms with Crippen molar-refractivity contribution in [2.75, 3.05) is 6.61 Å². The van der Waals surface area contributed by atoms with Crippen molar-refractivity contribution in [1.29, 1.82) is 0 Å². The molecule has 0 aromatic heterocycles. The molecule has 1 aliphatic heterocycles. The van der Waals surface area contributed by atoms with Crippen LogP contribution in [0.15, 0.2) is 0 Å². The molecule has 0 bridgehead atoms. The second-order valence-electron chi connectivity index (χ2n) is 3.36. The maximum absolute atomic E-state index is 13.3. The summed E-state index contributed by atoms with van der Waals surface area (Å²) in [5.41, 5.74) is 0. The minimum Gasteiger partial charge on any atom is -0.723 e. The zero-order valence-electron chi connectivity index (χ0n) is 7.70. The number of hydrogen-bond acceptors (Lipinski definition) is 3. The van der Waals surface area contributed by atoms with Crippen molar-refractivity contribution < 1.29 is 50.4 Å². The number of ether oxygens (including phenoxy) is 1. The number of halogens is 1. The van der Waals surface area contributed by atoms with Crippen LogP contribution in [0.25, 0.3) is 0 Å². The van der Waals surface area contributed by atoms with Gasteiger partial charge in [0.2, 0.25) is 0 Å². The first kappa shape index (κ1) is 13.9. The van der Waals surface area contributed by atoms with Gasteiger partial charge in [0, 0.05) is 31.1 Å². The third-order valence-electron chi connectivity index (χ3n) is 2.14. The van der Waals surface area contributed by atoms with E-state index in [9.17, 15) is 9.65 Å². The van der Waals surface area contributed by atoms with Crippen molar-refractivity contribution in [3.8, 4) is 0 Å². The number of rotatable bonds is 3. The molecule has 3 atom stereocenters. The summed E-state index contributed by atoms with van der Waals surface area (Å²) in [6.45, 7) is 5.08. The van der Waals surface area contributed by atoms with E-state index in [-0.39, 0.29) is 49.6 Å². The maximum atomic E-state index is 13.3. The van der Waals surface area contributed by atoms with Crippen LogP contribution in [-0.2, 0) is 9.62 Å². The van der Waals surface area contributed by atoms with Crippen LogP contribution in [0.4, 0.5) is 4.39 Å². The van der Waals surface area contributed by atoms with Gasteiger partial charge in [-0.2, -0.15) is 0 Å². The van der Waals surface area contributed by atoms with Gasteiger partial charge in [-0.15, -0.1) is 5.92 Å². The van der Waals surface area contributed by atoms with Crippen molar-refractivity contribution >= 4 is 0 Å². The van der Waals surface area contributed by atoms with E-state index in [1.165, 1.54) is 6.61 Å². The maximum Gasteiger partial charge on any atom is 0.104 e. The van der Waals surface area contributed by atoms with Gasteiger partial charge in [0.1, 0.15) is 6.17 Å². The minimum absolute atomic E-state index is 0. The molecular formula is C8H13FO3U-2. The fourth-order valence-corrected chi connectivity index (χ4v) is 1.31. The van der Waals surface area contributed by atoms with Crippen LogP contribution in [0.3, 0.4) is 0 Å². The third-order valence-corrected chi connectivity index (χ3v) is 2.14. The van der Waals surface area contributed by atoms with Gasteiger partial charge < -0.3 is 14.9 Å². The van der Waals surface area contributed by atoms with Crippen LogP contribution < -0.4 is 5.26 Å². The second kappa shape index (κ2) is 6.37. The SMILES string of the molecule is CC(C)[C@H]1[CH-]O[C@H](CO[O-])[C@H]1F.[U]. The van der Waals surface area contributed by atoms with Crippen LogP contribution in [-0.4, -0.2) is 18.9 Å². The Morgan fingerprint density at radius 1 is 1.62 bits per heavy atom. The summed E-state index contributed by atoms with van der Waals surface area (Å²) < 4.78 is 18.3. The molecule has 1 heterocycles. The van der Waals surface area contributed by atoms with E-state index in [1.54, 1.807) is 0 Å². The molecule has 0 aliphatic carbocycles. The monoisotopic (exact) mass is 414 g/mol. The van der Waals surface area contributed by atoms with E-state index in [2.05, 4.69) is 4.89 Å². The summed E-state index contributed by atoms with van der Waals surface area (Å²) in [4.78, 5) is 3.59. The van der Waals surface area contributed by atoms with Gasteiger partial charge in [-0.1, -0.05) is 19.8 Å². The normalized spacial score (nSPS) is 33.5. The van der Waals surface area contributed by atoms with Crippen molar-refractivity contribution in [3.05, 3.63) is 6.61 Å². The molecule has 76 valence electrons. The summed E-state index contributed by atoms with van der Waals surface area (Å²) in [5.74, 6) is -0.0261. The van der Waals surface area contributed by atoms with Gasteiger partial charge in [-0.25, -0.2) is 11.0 Å². The molecule has 0 spiro atoms. The Balaban J connectivity index is 0.00000144. The van der Waals surface area contributed by atoms with Crippen molar-refractivity contribution in [2.24, 2.45) is 11.8 Å². The molecular weight excluding hydrogens is 401 g/mol. The predicted molar refractivity (Wildman–Crippen MR) is 38.3 cm³/mol. The van der Waals surface area contributed by atoms with Crippen LogP contribution in [0.5, 0.6) is 0 Å². The number of alkyl halides is 1. The van der Waals surface area contributed by atoms with Gasteiger partial charge in [0.05, 0.1) is 12.7 Å². The molecule has 1 aliphatic rings. The standard InChI is InChI=1S/C8H14FO3.U/c1-5(2)6-3-11-7(4-12-10)8(6)9;/h3,5-8,10H,4H2,1-2H3;/q-1;/p-1/t6-,7-,8+;/m1./s1. The summed E-state index contributed by atoms with van der Waals surface area (Å²) in [5, 5.41) is 9.75. The largest absolute Gasteiger partial charge is 0.723 e. The van der Waals surface area contributed by atoms with E-state index < -0.39 is 12.3 Å². The van der Waals surface area contributed by atoms with Crippen LogP contribution in [0.1, 0.15) is 13.8 Å². The van der Waals surface area contributed by atoms with Crippen molar-refractivity contribution in [2.45, 2.75) is 26.1 Å². The number of hydrogen-bond donors (Lipinski definition) is 0. The van der Waals surface area contributed by atoms with Gasteiger partial charge in [-0.05, 0) is 0 Å². The van der Waals surface area contributed by atoms with Gasteiger partial charge in [0.15, 0.2) is 0 Å².